The fraction of sp³-hybridized carbons (Fsp3) is 0.278. The summed E-state index contributed by atoms with van der Waals surface area (Å²) in [5.41, 5.74) is 4.37. The first-order valence-corrected chi connectivity index (χ1v) is 8.30. The molecule has 1 N–H and O–H groups in total. The Morgan fingerprint density at radius 1 is 1.10 bits per heavy atom. The predicted molar refractivity (Wildman–Crippen MR) is 92.1 cm³/mol. The molecule has 0 atom stereocenters. The monoisotopic (exact) mass is 345 g/mol. The number of anilines is 1. The van der Waals surface area contributed by atoms with Crippen LogP contribution < -0.4 is 5.32 Å². The second-order valence-electron chi connectivity index (χ2n) is 5.20. The number of amides is 1. The number of hydrogen-bond donors (Lipinski definition) is 1. The van der Waals surface area contributed by atoms with Gasteiger partial charge in [-0.25, -0.2) is 0 Å². The first-order chi connectivity index (χ1) is 10.2. The molecule has 110 valence electrons. The van der Waals surface area contributed by atoms with E-state index < -0.39 is 0 Å². The molecule has 0 fully saturated rings. The third-order valence-electron chi connectivity index (χ3n) is 3.30. The molecule has 0 aliphatic rings. The van der Waals surface area contributed by atoms with Crippen LogP contribution in [-0.2, 0) is 17.6 Å². The molecule has 1 amide bonds. The van der Waals surface area contributed by atoms with Crippen molar-refractivity contribution in [3.8, 4) is 0 Å². The maximum atomic E-state index is 12.1. The molecule has 0 saturated heterocycles. The van der Waals surface area contributed by atoms with E-state index in [0.29, 0.717) is 6.42 Å². The Labute approximate surface area is 134 Å². The first kappa shape index (κ1) is 15.8. The van der Waals surface area contributed by atoms with Gasteiger partial charge in [0.25, 0.3) is 0 Å². The summed E-state index contributed by atoms with van der Waals surface area (Å²) in [7, 11) is 0. The number of aryl methyl sites for hydroxylation is 2. The molecule has 0 saturated carbocycles. The van der Waals surface area contributed by atoms with Crippen LogP contribution in [0.2, 0.25) is 0 Å². The van der Waals surface area contributed by atoms with Gasteiger partial charge in [-0.3, -0.25) is 4.79 Å². The first-order valence-electron chi connectivity index (χ1n) is 7.17. The van der Waals surface area contributed by atoms with Crippen LogP contribution in [0.4, 0.5) is 5.69 Å². The Morgan fingerprint density at radius 2 is 1.86 bits per heavy atom. The Balaban J connectivity index is 1.94. The molecule has 2 nitrogen and oxygen atoms in total. The van der Waals surface area contributed by atoms with E-state index >= 15 is 0 Å². The zero-order valence-electron chi connectivity index (χ0n) is 12.2. The number of carbonyl (C=O) groups is 1. The fourth-order valence-corrected chi connectivity index (χ4v) is 2.45. The van der Waals surface area contributed by atoms with Crippen LogP contribution in [0.1, 0.15) is 23.1 Å². The average molecular weight is 346 g/mol. The number of hydrogen-bond acceptors (Lipinski definition) is 1. The summed E-state index contributed by atoms with van der Waals surface area (Å²) in [5.74, 6) is 0.0245. The molecule has 0 unspecified atom stereocenters. The maximum Gasteiger partial charge on any atom is 0.228 e. The molecule has 2 aromatic carbocycles. The quantitative estimate of drug-likeness (QED) is 0.767. The van der Waals surface area contributed by atoms with E-state index in [-0.39, 0.29) is 5.91 Å². The summed E-state index contributed by atoms with van der Waals surface area (Å²) in [4.78, 5) is 12.1. The number of alkyl halides is 1. The van der Waals surface area contributed by atoms with Gasteiger partial charge in [-0.1, -0.05) is 57.9 Å². The molecular weight excluding hydrogens is 326 g/mol. The standard InChI is InChI=1S/C18H20BrNO/c1-14-7-9-16(10-8-14)13-18(21)20-17-6-2-4-15(12-17)5-3-11-19/h2,4,6-10,12H,3,5,11,13H2,1H3,(H,20,21). The lowest BCUT2D eigenvalue weighted by Crippen LogP contribution is -2.14. The van der Waals surface area contributed by atoms with Crippen molar-refractivity contribution in [1.29, 1.82) is 0 Å². The van der Waals surface area contributed by atoms with Crippen LogP contribution in [-0.4, -0.2) is 11.2 Å². The predicted octanol–water partition coefficient (Wildman–Crippen LogP) is 4.50. The summed E-state index contributed by atoms with van der Waals surface area (Å²) in [5, 5.41) is 3.97. The maximum absolute atomic E-state index is 12.1. The number of nitrogens with one attached hydrogen (secondary N) is 1. The highest BCUT2D eigenvalue weighted by atomic mass is 79.9. The summed E-state index contributed by atoms with van der Waals surface area (Å²) in [6.07, 6.45) is 2.53. The van der Waals surface area contributed by atoms with Crippen LogP contribution >= 0.6 is 15.9 Å². The highest BCUT2D eigenvalue weighted by molar-refractivity contribution is 9.09. The molecule has 0 radical (unpaired) electrons. The van der Waals surface area contributed by atoms with Crippen molar-refractivity contribution >= 4 is 27.5 Å². The number of carbonyl (C=O) groups excluding carboxylic acids is 1. The van der Waals surface area contributed by atoms with Crippen LogP contribution in [0.5, 0.6) is 0 Å². The van der Waals surface area contributed by atoms with Crippen molar-refractivity contribution in [2.24, 2.45) is 0 Å². The molecule has 0 aliphatic heterocycles. The summed E-state index contributed by atoms with van der Waals surface area (Å²) in [6, 6.07) is 16.1. The minimum Gasteiger partial charge on any atom is -0.326 e. The SMILES string of the molecule is Cc1ccc(CC(=O)Nc2cccc(CCCBr)c2)cc1. The second-order valence-corrected chi connectivity index (χ2v) is 6.00. The lowest BCUT2D eigenvalue weighted by atomic mass is 10.1. The molecule has 2 rings (SSSR count). The fourth-order valence-electron chi connectivity index (χ4n) is 2.17. The average Bonchev–Trinajstić information content (AvgIpc) is 2.48. The van der Waals surface area contributed by atoms with Gasteiger partial charge >= 0.3 is 0 Å². The molecule has 0 spiro atoms. The summed E-state index contributed by atoms with van der Waals surface area (Å²) in [6.45, 7) is 2.04. The zero-order valence-corrected chi connectivity index (χ0v) is 13.8. The highest BCUT2D eigenvalue weighted by Crippen LogP contribution is 2.13. The van der Waals surface area contributed by atoms with Crippen molar-refractivity contribution in [3.05, 3.63) is 65.2 Å². The Bertz CT molecular complexity index is 592. The summed E-state index contributed by atoms with van der Waals surface area (Å²) < 4.78 is 0. The summed E-state index contributed by atoms with van der Waals surface area (Å²) >= 11 is 3.44. The molecule has 0 heterocycles. The Kier molecular flexibility index (Phi) is 6.00. The molecule has 0 bridgehead atoms. The van der Waals surface area contributed by atoms with Gasteiger partial charge < -0.3 is 5.32 Å². The zero-order chi connectivity index (χ0) is 15.1. The lowest BCUT2D eigenvalue weighted by molar-refractivity contribution is -0.115. The number of halogens is 1. The van der Waals surface area contributed by atoms with Gasteiger partial charge in [-0.15, -0.1) is 0 Å². The molecule has 3 heteroatoms. The Morgan fingerprint density at radius 3 is 2.57 bits per heavy atom. The second kappa shape index (κ2) is 7.99. The van der Waals surface area contributed by atoms with E-state index in [1.165, 1.54) is 11.1 Å². The van der Waals surface area contributed by atoms with Gasteiger partial charge in [0.15, 0.2) is 0 Å². The van der Waals surface area contributed by atoms with Gasteiger partial charge in [-0.2, -0.15) is 0 Å². The van der Waals surface area contributed by atoms with Crippen LogP contribution in [0.3, 0.4) is 0 Å². The van der Waals surface area contributed by atoms with E-state index in [1.54, 1.807) is 0 Å². The third-order valence-corrected chi connectivity index (χ3v) is 3.86. The number of rotatable bonds is 6. The molecule has 21 heavy (non-hydrogen) atoms. The number of benzene rings is 2. The van der Waals surface area contributed by atoms with E-state index in [9.17, 15) is 4.79 Å². The third kappa shape index (κ3) is 5.35. The molecule has 2 aromatic rings. The van der Waals surface area contributed by atoms with Crippen LogP contribution in [0.15, 0.2) is 48.5 Å². The van der Waals surface area contributed by atoms with Crippen molar-refractivity contribution in [2.75, 3.05) is 10.6 Å². The van der Waals surface area contributed by atoms with Crippen molar-refractivity contribution in [1.82, 2.24) is 0 Å². The minimum atomic E-state index is 0.0245. The molecular formula is C18H20BrNO. The van der Waals surface area contributed by atoms with Gasteiger partial charge in [0, 0.05) is 11.0 Å². The molecule has 0 aliphatic carbocycles. The minimum absolute atomic E-state index is 0.0245. The van der Waals surface area contributed by atoms with Crippen LogP contribution in [0, 0.1) is 6.92 Å². The van der Waals surface area contributed by atoms with Gasteiger partial charge in [0.05, 0.1) is 6.42 Å². The van der Waals surface area contributed by atoms with E-state index in [0.717, 1.165) is 29.4 Å². The largest absolute Gasteiger partial charge is 0.326 e. The van der Waals surface area contributed by atoms with E-state index in [4.69, 9.17) is 0 Å². The smallest absolute Gasteiger partial charge is 0.228 e. The van der Waals surface area contributed by atoms with Crippen LogP contribution in [0.25, 0.3) is 0 Å². The normalized spacial score (nSPS) is 10.4. The van der Waals surface area contributed by atoms with Gasteiger partial charge in [-0.05, 0) is 43.0 Å². The van der Waals surface area contributed by atoms with Gasteiger partial charge in [0.1, 0.15) is 0 Å². The van der Waals surface area contributed by atoms with Crippen molar-refractivity contribution < 1.29 is 4.79 Å². The topological polar surface area (TPSA) is 29.1 Å². The van der Waals surface area contributed by atoms with E-state index in [1.807, 2.05) is 43.3 Å². The lowest BCUT2D eigenvalue weighted by Gasteiger charge is -2.07. The molecule has 0 aromatic heterocycles. The Hall–Kier alpha value is -1.61. The van der Waals surface area contributed by atoms with Gasteiger partial charge in [0.2, 0.25) is 5.91 Å². The van der Waals surface area contributed by atoms with E-state index in [2.05, 4.69) is 33.4 Å². The van der Waals surface area contributed by atoms with Crippen molar-refractivity contribution in [3.63, 3.8) is 0 Å². The highest BCUT2D eigenvalue weighted by Gasteiger charge is 2.04. The van der Waals surface area contributed by atoms with Crippen molar-refractivity contribution in [2.45, 2.75) is 26.2 Å².